The first-order chi connectivity index (χ1) is 8.90. The van der Waals surface area contributed by atoms with E-state index in [0.717, 1.165) is 6.07 Å². The quantitative estimate of drug-likeness (QED) is 0.479. The van der Waals surface area contributed by atoms with Crippen molar-refractivity contribution in [2.75, 3.05) is 6.61 Å². The molecule has 1 aromatic carbocycles. The largest absolute Gasteiger partial charge is 0.478 e. The summed E-state index contributed by atoms with van der Waals surface area (Å²) >= 11 is 0. The Kier molecular flexibility index (Phi) is 4.81. The Hall–Kier alpha value is -2.16. The summed E-state index contributed by atoms with van der Waals surface area (Å²) in [5, 5.41) is 8.59. The van der Waals surface area contributed by atoms with Crippen LogP contribution in [0.2, 0.25) is 0 Å². The third-order valence-electron chi connectivity index (χ3n) is 2.21. The van der Waals surface area contributed by atoms with Crippen molar-refractivity contribution < 1.29 is 18.3 Å². The van der Waals surface area contributed by atoms with E-state index in [0.29, 0.717) is 12.7 Å². The molecule has 1 aromatic rings. The monoisotopic (exact) mass is 268 g/mol. The maximum atomic E-state index is 13.5. The van der Waals surface area contributed by atoms with Gasteiger partial charge in [-0.25, -0.2) is 8.78 Å². The minimum absolute atomic E-state index is 0.0289. The molecule has 0 aliphatic rings. The lowest BCUT2D eigenvalue weighted by atomic mass is 10.1. The highest BCUT2D eigenvalue weighted by Crippen LogP contribution is 2.24. The van der Waals surface area contributed by atoms with E-state index in [-0.39, 0.29) is 11.6 Å². The van der Waals surface area contributed by atoms with Crippen LogP contribution in [0.5, 0.6) is 5.75 Å². The summed E-state index contributed by atoms with van der Waals surface area (Å²) in [5.41, 5.74) is -1.15. The molecule has 0 spiro atoms. The molecule has 0 aliphatic heterocycles. The van der Waals surface area contributed by atoms with Gasteiger partial charge in [0, 0.05) is 6.07 Å². The Morgan fingerprint density at radius 2 is 2.11 bits per heavy atom. The minimum atomic E-state index is -1.15. The van der Waals surface area contributed by atoms with Crippen LogP contribution in [0.3, 0.4) is 0 Å². The van der Waals surface area contributed by atoms with Crippen LogP contribution in [0.25, 0.3) is 0 Å². The fourth-order valence-electron chi connectivity index (χ4n) is 1.40. The van der Waals surface area contributed by atoms with Crippen molar-refractivity contribution in [1.82, 2.24) is 0 Å². The van der Waals surface area contributed by atoms with E-state index in [9.17, 15) is 8.78 Å². The van der Waals surface area contributed by atoms with Gasteiger partial charge < -0.3 is 9.47 Å². The molecular weight excluding hydrogens is 254 g/mol. The predicted molar refractivity (Wildman–Crippen MR) is 65.7 cm³/mol. The standard InChI is InChI=1S/C13H14F2N2O2/c1-4-18-12(17-8-16)13(2,3)19-11-6-5-9(14)7-10(11)15/h5-7H,4H2,1-3H3. The number of nitrogens with zero attached hydrogens (tertiary/aromatic N) is 2. The second-order valence-electron chi connectivity index (χ2n) is 4.14. The first kappa shape index (κ1) is 14.9. The number of ether oxygens (including phenoxy) is 2. The highest BCUT2D eigenvalue weighted by molar-refractivity contribution is 5.85. The third-order valence-corrected chi connectivity index (χ3v) is 2.21. The second kappa shape index (κ2) is 6.14. The molecule has 0 fully saturated rings. The highest BCUT2D eigenvalue weighted by atomic mass is 19.1. The lowest BCUT2D eigenvalue weighted by Gasteiger charge is -2.26. The van der Waals surface area contributed by atoms with Gasteiger partial charge in [-0.2, -0.15) is 5.26 Å². The topological polar surface area (TPSA) is 54.6 Å². The van der Waals surface area contributed by atoms with Crippen LogP contribution in [0, 0.1) is 23.1 Å². The van der Waals surface area contributed by atoms with Gasteiger partial charge in [0.2, 0.25) is 12.1 Å². The summed E-state index contributed by atoms with van der Waals surface area (Å²) in [7, 11) is 0. The molecule has 4 nitrogen and oxygen atoms in total. The first-order valence-electron chi connectivity index (χ1n) is 5.64. The molecule has 6 heteroatoms. The molecule has 0 atom stereocenters. The molecule has 0 aromatic heterocycles. The van der Waals surface area contributed by atoms with Gasteiger partial charge in [0.25, 0.3) is 0 Å². The van der Waals surface area contributed by atoms with E-state index >= 15 is 0 Å². The van der Waals surface area contributed by atoms with Crippen LogP contribution >= 0.6 is 0 Å². The van der Waals surface area contributed by atoms with Gasteiger partial charge in [0.1, 0.15) is 5.82 Å². The first-order valence-corrected chi connectivity index (χ1v) is 5.64. The normalized spacial score (nSPS) is 11.9. The fourth-order valence-corrected chi connectivity index (χ4v) is 1.40. The Labute approximate surface area is 110 Å². The van der Waals surface area contributed by atoms with Crippen molar-refractivity contribution in [3.8, 4) is 11.9 Å². The molecule has 0 radical (unpaired) electrons. The summed E-state index contributed by atoms with van der Waals surface area (Å²) < 4.78 is 36.9. The van der Waals surface area contributed by atoms with Crippen LogP contribution in [-0.4, -0.2) is 18.1 Å². The van der Waals surface area contributed by atoms with Gasteiger partial charge in [-0.3, -0.25) is 0 Å². The van der Waals surface area contributed by atoms with Crippen molar-refractivity contribution in [3.05, 3.63) is 29.8 Å². The summed E-state index contributed by atoms with van der Waals surface area (Å²) in [4.78, 5) is 3.51. The summed E-state index contributed by atoms with van der Waals surface area (Å²) in [6.45, 7) is 5.16. The van der Waals surface area contributed by atoms with Gasteiger partial charge in [0.15, 0.2) is 17.2 Å². The molecule has 1 rings (SSSR count). The van der Waals surface area contributed by atoms with Crippen molar-refractivity contribution >= 4 is 5.90 Å². The van der Waals surface area contributed by atoms with Crippen molar-refractivity contribution in [2.45, 2.75) is 26.4 Å². The van der Waals surface area contributed by atoms with Crippen LogP contribution in [0.1, 0.15) is 20.8 Å². The lowest BCUT2D eigenvalue weighted by molar-refractivity contribution is 0.134. The Morgan fingerprint density at radius 1 is 1.42 bits per heavy atom. The molecule has 102 valence electrons. The third kappa shape index (κ3) is 3.91. The highest BCUT2D eigenvalue weighted by Gasteiger charge is 2.30. The molecule has 0 saturated carbocycles. The summed E-state index contributed by atoms with van der Waals surface area (Å²) in [5.74, 6) is -1.64. The Morgan fingerprint density at radius 3 is 2.63 bits per heavy atom. The zero-order valence-corrected chi connectivity index (χ0v) is 10.9. The van der Waals surface area contributed by atoms with E-state index in [1.807, 2.05) is 0 Å². The van der Waals surface area contributed by atoms with Gasteiger partial charge in [-0.15, -0.1) is 4.99 Å². The number of nitriles is 1. The maximum absolute atomic E-state index is 13.5. The maximum Gasteiger partial charge on any atom is 0.243 e. The smallest absolute Gasteiger partial charge is 0.243 e. The molecule has 0 heterocycles. The van der Waals surface area contributed by atoms with Gasteiger partial charge >= 0.3 is 0 Å². The fraction of sp³-hybridized carbons (Fsp3) is 0.385. The summed E-state index contributed by atoms with van der Waals surface area (Å²) in [6, 6.07) is 2.96. The predicted octanol–water partition coefficient (Wildman–Crippen LogP) is 3.04. The lowest BCUT2D eigenvalue weighted by Crippen LogP contribution is -2.40. The Bertz CT molecular complexity index is 522. The molecular formula is C13H14F2N2O2. The van der Waals surface area contributed by atoms with Crippen molar-refractivity contribution in [1.29, 1.82) is 5.26 Å². The molecule has 0 aliphatic carbocycles. The average Bonchev–Trinajstić information content (AvgIpc) is 2.32. The number of aliphatic imine (C=N–C) groups is 1. The number of hydrogen-bond acceptors (Lipinski definition) is 4. The van der Waals surface area contributed by atoms with Crippen LogP contribution in [0.4, 0.5) is 8.78 Å². The van der Waals surface area contributed by atoms with Crippen LogP contribution < -0.4 is 4.74 Å². The molecule has 0 N–H and O–H groups in total. The van der Waals surface area contributed by atoms with E-state index in [1.165, 1.54) is 6.07 Å². The molecule has 0 unspecified atom stereocenters. The van der Waals surface area contributed by atoms with Crippen molar-refractivity contribution in [3.63, 3.8) is 0 Å². The molecule has 0 amide bonds. The molecule has 0 bridgehead atoms. The zero-order chi connectivity index (χ0) is 14.5. The minimum Gasteiger partial charge on any atom is -0.478 e. The van der Waals surface area contributed by atoms with Crippen molar-refractivity contribution in [2.24, 2.45) is 4.99 Å². The van der Waals surface area contributed by atoms with Gasteiger partial charge in [-0.1, -0.05) is 0 Å². The SMILES string of the molecule is CCOC(=NC#N)C(C)(C)Oc1ccc(F)cc1F. The van der Waals surface area contributed by atoms with E-state index in [2.05, 4.69) is 4.99 Å². The Balaban J connectivity index is 3.01. The van der Waals surface area contributed by atoms with Crippen LogP contribution in [-0.2, 0) is 4.74 Å². The molecule has 0 saturated heterocycles. The number of hydrogen-bond donors (Lipinski definition) is 0. The number of halogens is 2. The van der Waals surface area contributed by atoms with Gasteiger partial charge in [-0.05, 0) is 32.9 Å². The van der Waals surface area contributed by atoms with Crippen LogP contribution in [0.15, 0.2) is 23.2 Å². The second-order valence-corrected chi connectivity index (χ2v) is 4.14. The van der Waals surface area contributed by atoms with E-state index in [1.54, 1.807) is 27.0 Å². The summed E-state index contributed by atoms with van der Waals surface area (Å²) in [6.07, 6.45) is 1.60. The molecule has 19 heavy (non-hydrogen) atoms. The van der Waals surface area contributed by atoms with E-state index in [4.69, 9.17) is 14.7 Å². The van der Waals surface area contributed by atoms with E-state index < -0.39 is 17.2 Å². The average molecular weight is 268 g/mol. The number of rotatable bonds is 4. The number of benzene rings is 1. The zero-order valence-electron chi connectivity index (χ0n) is 10.9. The van der Waals surface area contributed by atoms with Gasteiger partial charge in [0.05, 0.1) is 6.61 Å².